The van der Waals surface area contributed by atoms with Gasteiger partial charge in [0.05, 0.1) is 6.54 Å². The lowest BCUT2D eigenvalue weighted by Gasteiger charge is -2.25. The van der Waals surface area contributed by atoms with E-state index in [1.807, 2.05) is 0 Å². The Morgan fingerprint density at radius 2 is 1.79 bits per heavy atom. The molecule has 0 aliphatic carbocycles. The first-order chi connectivity index (χ1) is 8.88. The van der Waals surface area contributed by atoms with Gasteiger partial charge < -0.3 is 0 Å². The van der Waals surface area contributed by atoms with Crippen LogP contribution in [0, 0.1) is 19.7 Å². The Bertz CT molecular complexity index is 540. The molecule has 0 bridgehead atoms. The van der Waals surface area contributed by atoms with E-state index in [0.29, 0.717) is 16.7 Å². The van der Waals surface area contributed by atoms with Crippen molar-refractivity contribution in [3.63, 3.8) is 0 Å². The van der Waals surface area contributed by atoms with Crippen LogP contribution in [0.2, 0.25) is 0 Å². The third kappa shape index (κ3) is 2.62. The topological polar surface area (TPSA) is 66.5 Å². The van der Waals surface area contributed by atoms with Crippen molar-refractivity contribution in [3.05, 3.63) is 34.6 Å². The number of halogens is 1. The summed E-state index contributed by atoms with van der Waals surface area (Å²) in [5, 5.41) is 2.07. The van der Waals surface area contributed by atoms with E-state index in [-0.39, 0.29) is 18.8 Å². The van der Waals surface area contributed by atoms with E-state index < -0.39 is 17.8 Å². The number of carbonyl (C=O) groups excluding carboxylic acids is 3. The minimum absolute atomic E-state index is 0.0277. The van der Waals surface area contributed by atoms with Crippen LogP contribution in [0.1, 0.15) is 23.1 Å². The zero-order valence-electron chi connectivity index (χ0n) is 10.6. The molecule has 0 unspecified atom stereocenters. The van der Waals surface area contributed by atoms with Crippen LogP contribution < -0.4 is 5.32 Å². The van der Waals surface area contributed by atoms with Gasteiger partial charge >= 0.3 is 6.03 Å². The lowest BCUT2D eigenvalue weighted by molar-refractivity contribution is -0.136. The number of nitrogens with one attached hydrogen (secondary N) is 1. The molecular formula is C13H13FN2O3. The molecule has 5 nitrogen and oxygen atoms in total. The lowest BCUT2D eigenvalue weighted by Crippen LogP contribution is -2.52. The van der Waals surface area contributed by atoms with Crippen molar-refractivity contribution in [2.24, 2.45) is 0 Å². The van der Waals surface area contributed by atoms with E-state index in [1.165, 1.54) is 0 Å². The largest absolute Gasteiger partial charge is 0.331 e. The number of aryl methyl sites for hydroxylation is 2. The Hall–Kier alpha value is -2.24. The summed E-state index contributed by atoms with van der Waals surface area (Å²) in [4.78, 5) is 35.1. The van der Waals surface area contributed by atoms with Crippen LogP contribution in [-0.4, -0.2) is 22.7 Å². The number of hydrogen-bond acceptors (Lipinski definition) is 3. The van der Waals surface area contributed by atoms with Crippen LogP contribution in [0.3, 0.4) is 0 Å². The number of urea groups is 1. The van der Waals surface area contributed by atoms with Gasteiger partial charge in [-0.1, -0.05) is 12.1 Å². The maximum absolute atomic E-state index is 13.5. The molecule has 19 heavy (non-hydrogen) atoms. The highest BCUT2D eigenvalue weighted by Gasteiger charge is 2.30. The molecule has 1 aliphatic heterocycles. The quantitative estimate of drug-likeness (QED) is 0.821. The van der Waals surface area contributed by atoms with Crippen molar-refractivity contribution in [3.8, 4) is 0 Å². The minimum atomic E-state index is -0.735. The molecule has 1 aliphatic rings. The molecule has 2 rings (SSSR count). The summed E-state index contributed by atoms with van der Waals surface area (Å²) in [5.74, 6) is -1.44. The van der Waals surface area contributed by atoms with Crippen LogP contribution in [0.5, 0.6) is 0 Å². The van der Waals surface area contributed by atoms with Crippen molar-refractivity contribution >= 4 is 17.8 Å². The Balaban J connectivity index is 2.24. The fourth-order valence-electron chi connectivity index (χ4n) is 2.05. The molecule has 6 heteroatoms. The van der Waals surface area contributed by atoms with Gasteiger partial charge in [-0.3, -0.25) is 19.8 Å². The number of carbonyl (C=O) groups is 3. The predicted octanol–water partition coefficient (Wildman–Crippen LogP) is 1.41. The van der Waals surface area contributed by atoms with Crippen molar-refractivity contribution in [2.75, 3.05) is 0 Å². The highest BCUT2D eigenvalue weighted by Crippen LogP contribution is 2.17. The first kappa shape index (κ1) is 13.2. The van der Waals surface area contributed by atoms with E-state index in [1.54, 1.807) is 26.0 Å². The maximum atomic E-state index is 13.5. The van der Waals surface area contributed by atoms with Gasteiger partial charge in [0.2, 0.25) is 11.8 Å². The number of rotatable bonds is 2. The van der Waals surface area contributed by atoms with Gasteiger partial charge in [-0.05, 0) is 30.5 Å². The van der Waals surface area contributed by atoms with E-state index in [2.05, 4.69) is 5.32 Å². The highest BCUT2D eigenvalue weighted by atomic mass is 19.1. The molecule has 0 saturated carbocycles. The van der Waals surface area contributed by atoms with Gasteiger partial charge in [0, 0.05) is 0 Å². The Labute approximate surface area is 109 Å². The number of barbiturate groups is 1. The standard InChI is InChI=1S/C13H13FN2O3/c1-7-3-9(4-8(2)12(7)14)6-16-11(18)5-10(17)15-13(16)19/h3-4H,5-6H2,1-2H3,(H,15,17,19). The van der Waals surface area contributed by atoms with Gasteiger partial charge in [0.25, 0.3) is 0 Å². The Kier molecular flexibility index (Phi) is 3.33. The average molecular weight is 264 g/mol. The number of imide groups is 2. The number of benzene rings is 1. The average Bonchev–Trinajstić information content (AvgIpc) is 2.30. The molecule has 4 amide bonds. The number of amides is 4. The first-order valence-corrected chi connectivity index (χ1v) is 5.78. The van der Waals surface area contributed by atoms with Gasteiger partial charge in [0.15, 0.2) is 0 Å². The van der Waals surface area contributed by atoms with Crippen LogP contribution in [0.4, 0.5) is 9.18 Å². The molecule has 100 valence electrons. The molecule has 1 N–H and O–H groups in total. The van der Waals surface area contributed by atoms with E-state index >= 15 is 0 Å². The van der Waals surface area contributed by atoms with Crippen molar-refractivity contribution in [1.29, 1.82) is 0 Å². The molecule has 1 saturated heterocycles. The zero-order valence-corrected chi connectivity index (χ0v) is 10.6. The first-order valence-electron chi connectivity index (χ1n) is 5.78. The van der Waals surface area contributed by atoms with Gasteiger partial charge in [-0.15, -0.1) is 0 Å². The molecule has 0 atom stereocenters. The summed E-state index contributed by atoms with van der Waals surface area (Å²) in [7, 11) is 0. The smallest absolute Gasteiger partial charge is 0.277 e. The van der Waals surface area contributed by atoms with Crippen molar-refractivity contribution in [2.45, 2.75) is 26.8 Å². The monoisotopic (exact) mass is 264 g/mol. The van der Waals surface area contributed by atoms with Gasteiger partial charge in [0.1, 0.15) is 12.2 Å². The van der Waals surface area contributed by atoms with Crippen LogP contribution in [0.25, 0.3) is 0 Å². The SMILES string of the molecule is Cc1cc(CN2C(=O)CC(=O)NC2=O)cc(C)c1F. The Morgan fingerprint density at radius 3 is 2.32 bits per heavy atom. The number of nitrogens with zero attached hydrogens (tertiary/aromatic N) is 1. The fourth-order valence-corrected chi connectivity index (χ4v) is 2.05. The van der Waals surface area contributed by atoms with Crippen molar-refractivity contribution < 1.29 is 18.8 Å². The molecule has 1 aromatic rings. The number of hydrogen-bond donors (Lipinski definition) is 1. The van der Waals surface area contributed by atoms with E-state index in [9.17, 15) is 18.8 Å². The van der Waals surface area contributed by atoms with Crippen LogP contribution in [-0.2, 0) is 16.1 Å². The minimum Gasteiger partial charge on any atom is -0.277 e. The van der Waals surface area contributed by atoms with Crippen LogP contribution in [0.15, 0.2) is 12.1 Å². The summed E-state index contributed by atoms with van der Waals surface area (Å²) < 4.78 is 13.5. The van der Waals surface area contributed by atoms with Crippen LogP contribution >= 0.6 is 0 Å². The lowest BCUT2D eigenvalue weighted by atomic mass is 10.1. The second-order valence-corrected chi connectivity index (χ2v) is 4.55. The maximum Gasteiger partial charge on any atom is 0.331 e. The third-order valence-corrected chi connectivity index (χ3v) is 2.94. The third-order valence-electron chi connectivity index (χ3n) is 2.94. The fraction of sp³-hybridized carbons (Fsp3) is 0.308. The van der Waals surface area contributed by atoms with E-state index in [4.69, 9.17) is 0 Å². The summed E-state index contributed by atoms with van der Waals surface area (Å²) in [5.41, 5.74) is 1.56. The predicted molar refractivity (Wildman–Crippen MR) is 64.6 cm³/mol. The summed E-state index contributed by atoms with van der Waals surface area (Å²) >= 11 is 0. The molecular weight excluding hydrogens is 251 g/mol. The summed E-state index contributed by atoms with van der Waals surface area (Å²) in [6, 6.07) is 2.43. The molecule has 1 fully saturated rings. The van der Waals surface area contributed by atoms with E-state index in [0.717, 1.165) is 4.90 Å². The summed E-state index contributed by atoms with van der Waals surface area (Å²) in [6.07, 6.45) is -0.342. The Morgan fingerprint density at radius 1 is 1.21 bits per heavy atom. The highest BCUT2D eigenvalue weighted by molar-refractivity contribution is 6.14. The molecule has 0 aromatic heterocycles. The second-order valence-electron chi connectivity index (χ2n) is 4.55. The normalized spacial score (nSPS) is 15.7. The molecule has 1 heterocycles. The van der Waals surface area contributed by atoms with Gasteiger partial charge in [-0.2, -0.15) is 0 Å². The molecule has 0 spiro atoms. The van der Waals surface area contributed by atoms with Gasteiger partial charge in [-0.25, -0.2) is 9.18 Å². The zero-order chi connectivity index (χ0) is 14.2. The second kappa shape index (κ2) is 4.79. The summed E-state index contributed by atoms with van der Waals surface area (Å²) in [6.45, 7) is 3.26. The molecule has 1 aromatic carbocycles. The van der Waals surface area contributed by atoms with Crippen molar-refractivity contribution in [1.82, 2.24) is 10.2 Å². The molecule has 0 radical (unpaired) electrons.